The van der Waals surface area contributed by atoms with E-state index in [9.17, 15) is 5.11 Å². The lowest BCUT2D eigenvalue weighted by Crippen LogP contribution is -2.55. The van der Waals surface area contributed by atoms with E-state index in [4.69, 9.17) is 9.47 Å². The zero-order valence-corrected chi connectivity index (χ0v) is 12.3. The number of benzene rings is 1. The van der Waals surface area contributed by atoms with Gasteiger partial charge >= 0.3 is 0 Å². The minimum Gasteiger partial charge on any atom is -0.488 e. The molecule has 1 saturated carbocycles. The van der Waals surface area contributed by atoms with E-state index >= 15 is 0 Å². The number of aliphatic hydroxyl groups is 1. The first-order valence-corrected chi connectivity index (χ1v) is 7.13. The molecule has 0 amide bonds. The second-order valence-electron chi connectivity index (χ2n) is 4.71. The largest absolute Gasteiger partial charge is 0.488 e. The van der Waals surface area contributed by atoms with Crippen LogP contribution in [0, 0.1) is 6.92 Å². The molecule has 100 valence electrons. The van der Waals surface area contributed by atoms with Crippen LogP contribution in [0.2, 0.25) is 0 Å². The van der Waals surface area contributed by atoms with Crippen LogP contribution in [-0.2, 0) is 4.74 Å². The third-order valence-corrected chi connectivity index (χ3v) is 4.04. The molecule has 1 fully saturated rings. The lowest BCUT2D eigenvalue weighted by atomic mass is 9.88. The Balaban J connectivity index is 1.94. The van der Waals surface area contributed by atoms with Gasteiger partial charge in [0.1, 0.15) is 18.0 Å². The standard InChI is InChI=1S/C14H19BrO3/c1-3-6-17-14-12(16)8-13(14)18-10-4-5-11(15)9(2)7-10/h4-5,7,12-14,16H,3,6,8H2,1-2H3. The van der Waals surface area contributed by atoms with E-state index in [0.29, 0.717) is 13.0 Å². The molecule has 4 heteroatoms. The minimum absolute atomic E-state index is 0.0351. The Hall–Kier alpha value is -0.580. The molecule has 1 aliphatic rings. The Morgan fingerprint density at radius 2 is 2.22 bits per heavy atom. The average molecular weight is 315 g/mol. The minimum atomic E-state index is -0.391. The summed E-state index contributed by atoms with van der Waals surface area (Å²) >= 11 is 3.46. The van der Waals surface area contributed by atoms with E-state index in [-0.39, 0.29) is 12.2 Å². The van der Waals surface area contributed by atoms with Gasteiger partial charge in [0.2, 0.25) is 0 Å². The zero-order chi connectivity index (χ0) is 13.1. The maximum atomic E-state index is 9.67. The van der Waals surface area contributed by atoms with Gasteiger partial charge in [-0.3, -0.25) is 0 Å². The fraction of sp³-hybridized carbons (Fsp3) is 0.571. The number of rotatable bonds is 5. The molecule has 2 rings (SSSR count). The van der Waals surface area contributed by atoms with Gasteiger partial charge in [0.05, 0.1) is 6.10 Å². The van der Waals surface area contributed by atoms with E-state index in [1.165, 1.54) is 0 Å². The van der Waals surface area contributed by atoms with E-state index in [2.05, 4.69) is 22.9 Å². The molecule has 18 heavy (non-hydrogen) atoms. The molecule has 0 radical (unpaired) electrons. The smallest absolute Gasteiger partial charge is 0.130 e. The molecule has 1 aromatic carbocycles. The summed E-state index contributed by atoms with van der Waals surface area (Å²) in [5.74, 6) is 0.831. The van der Waals surface area contributed by atoms with Gasteiger partial charge in [-0.1, -0.05) is 22.9 Å². The van der Waals surface area contributed by atoms with Crippen molar-refractivity contribution in [2.45, 2.75) is 45.0 Å². The van der Waals surface area contributed by atoms with Crippen LogP contribution >= 0.6 is 15.9 Å². The highest BCUT2D eigenvalue weighted by atomic mass is 79.9. The lowest BCUT2D eigenvalue weighted by molar-refractivity contribution is -0.162. The molecule has 0 spiro atoms. The molecule has 0 bridgehead atoms. The molecule has 1 aliphatic carbocycles. The molecule has 3 unspecified atom stereocenters. The molecular weight excluding hydrogens is 296 g/mol. The second-order valence-corrected chi connectivity index (χ2v) is 5.56. The van der Waals surface area contributed by atoms with Gasteiger partial charge in [0.15, 0.2) is 0 Å². The topological polar surface area (TPSA) is 38.7 Å². The van der Waals surface area contributed by atoms with Crippen LogP contribution in [0.1, 0.15) is 25.3 Å². The summed E-state index contributed by atoms with van der Waals surface area (Å²) in [6.07, 6.45) is 0.982. The Labute approximate surface area is 116 Å². The van der Waals surface area contributed by atoms with Gasteiger partial charge in [-0.25, -0.2) is 0 Å². The summed E-state index contributed by atoms with van der Waals surface area (Å²) in [6, 6.07) is 5.89. The third kappa shape index (κ3) is 3.05. The molecular formula is C14H19BrO3. The van der Waals surface area contributed by atoms with Gasteiger partial charge < -0.3 is 14.6 Å². The van der Waals surface area contributed by atoms with Crippen LogP contribution in [0.25, 0.3) is 0 Å². The van der Waals surface area contributed by atoms with Crippen molar-refractivity contribution in [1.82, 2.24) is 0 Å². The van der Waals surface area contributed by atoms with Crippen molar-refractivity contribution in [2.24, 2.45) is 0 Å². The van der Waals surface area contributed by atoms with Gasteiger partial charge in [0.25, 0.3) is 0 Å². The Bertz CT molecular complexity index is 408. The normalized spacial score (nSPS) is 26.8. The predicted octanol–water partition coefficient (Wildman–Crippen LogP) is 3.06. The Morgan fingerprint density at radius 3 is 2.83 bits per heavy atom. The monoisotopic (exact) mass is 314 g/mol. The molecule has 0 aromatic heterocycles. The Kier molecular flexibility index (Phi) is 4.65. The quantitative estimate of drug-likeness (QED) is 0.907. The van der Waals surface area contributed by atoms with Crippen LogP contribution in [0.15, 0.2) is 22.7 Å². The number of hydrogen-bond acceptors (Lipinski definition) is 3. The van der Waals surface area contributed by atoms with Gasteiger partial charge in [0, 0.05) is 17.5 Å². The van der Waals surface area contributed by atoms with E-state index in [1.807, 2.05) is 25.1 Å². The highest BCUT2D eigenvalue weighted by molar-refractivity contribution is 9.10. The van der Waals surface area contributed by atoms with Crippen molar-refractivity contribution in [3.8, 4) is 5.75 Å². The SMILES string of the molecule is CCCOC1C(O)CC1Oc1ccc(Br)c(C)c1. The summed E-state index contributed by atoms with van der Waals surface area (Å²) in [5.41, 5.74) is 1.14. The van der Waals surface area contributed by atoms with Crippen LogP contribution in [0.3, 0.4) is 0 Å². The predicted molar refractivity (Wildman–Crippen MR) is 73.9 cm³/mol. The summed E-state index contributed by atoms with van der Waals surface area (Å²) in [4.78, 5) is 0. The maximum absolute atomic E-state index is 9.67. The van der Waals surface area contributed by atoms with Crippen molar-refractivity contribution in [1.29, 1.82) is 0 Å². The number of ether oxygens (including phenoxy) is 2. The summed E-state index contributed by atoms with van der Waals surface area (Å²) in [7, 11) is 0. The highest BCUT2D eigenvalue weighted by Gasteiger charge is 2.42. The van der Waals surface area contributed by atoms with Gasteiger partial charge in [-0.2, -0.15) is 0 Å². The summed E-state index contributed by atoms with van der Waals surface area (Å²) in [6.45, 7) is 4.75. The first kappa shape index (κ1) is 13.8. The Morgan fingerprint density at radius 1 is 1.44 bits per heavy atom. The van der Waals surface area contributed by atoms with E-state index in [0.717, 1.165) is 22.2 Å². The van der Waals surface area contributed by atoms with Crippen molar-refractivity contribution in [3.63, 3.8) is 0 Å². The fourth-order valence-corrected chi connectivity index (χ4v) is 2.26. The average Bonchev–Trinajstić information content (AvgIpc) is 2.33. The zero-order valence-electron chi connectivity index (χ0n) is 10.7. The molecule has 3 nitrogen and oxygen atoms in total. The van der Waals surface area contributed by atoms with Crippen molar-refractivity contribution >= 4 is 15.9 Å². The van der Waals surface area contributed by atoms with Crippen LogP contribution in [0.4, 0.5) is 0 Å². The van der Waals surface area contributed by atoms with Gasteiger partial charge in [-0.05, 0) is 37.1 Å². The summed E-state index contributed by atoms with van der Waals surface area (Å²) < 4.78 is 12.5. The van der Waals surface area contributed by atoms with Crippen LogP contribution in [-0.4, -0.2) is 30.0 Å². The van der Waals surface area contributed by atoms with E-state index in [1.54, 1.807) is 0 Å². The maximum Gasteiger partial charge on any atom is 0.130 e. The molecule has 0 heterocycles. The third-order valence-electron chi connectivity index (χ3n) is 3.15. The number of aliphatic hydroxyl groups excluding tert-OH is 1. The highest BCUT2D eigenvalue weighted by Crippen LogP contribution is 2.30. The second kappa shape index (κ2) is 6.04. The molecule has 1 aromatic rings. The molecule has 3 atom stereocenters. The molecule has 0 aliphatic heterocycles. The lowest BCUT2D eigenvalue weighted by Gasteiger charge is -2.40. The van der Waals surface area contributed by atoms with Crippen LogP contribution < -0.4 is 4.74 Å². The number of aryl methyl sites for hydroxylation is 1. The van der Waals surface area contributed by atoms with Crippen molar-refractivity contribution in [2.75, 3.05) is 6.61 Å². The molecule has 0 saturated heterocycles. The van der Waals surface area contributed by atoms with Crippen LogP contribution in [0.5, 0.6) is 5.75 Å². The van der Waals surface area contributed by atoms with Crippen molar-refractivity contribution < 1.29 is 14.6 Å². The first-order chi connectivity index (χ1) is 8.61. The molecule has 1 N–H and O–H groups in total. The fourth-order valence-electron chi connectivity index (χ4n) is 2.01. The number of hydrogen-bond donors (Lipinski definition) is 1. The first-order valence-electron chi connectivity index (χ1n) is 6.34. The summed E-state index contributed by atoms with van der Waals surface area (Å²) in [5, 5.41) is 9.67. The number of halogens is 1. The van der Waals surface area contributed by atoms with E-state index < -0.39 is 6.10 Å². The van der Waals surface area contributed by atoms with Crippen molar-refractivity contribution in [3.05, 3.63) is 28.2 Å². The van der Waals surface area contributed by atoms with Gasteiger partial charge in [-0.15, -0.1) is 0 Å².